The molecule has 7 rings (SSSR count). The number of benzene rings is 3. The molecule has 0 spiro atoms. The van der Waals surface area contributed by atoms with Crippen molar-refractivity contribution in [2.45, 2.75) is 39.3 Å². The van der Waals surface area contributed by atoms with E-state index in [1.165, 1.54) is 30.1 Å². The highest BCUT2D eigenvalue weighted by Crippen LogP contribution is 2.30. The molecule has 0 saturated heterocycles. The van der Waals surface area contributed by atoms with E-state index in [4.69, 9.17) is 14.2 Å². The minimum absolute atomic E-state index is 0.184. The number of fused-ring (bicyclic) bond motifs is 2. The van der Waals surface area contributed by atoms with Crippen molar-refractivity contribution in [2.24, 2.45) is 0 Å². The normalized spacial score (nSPS) is 14.2. The number of methoxy groups -OCH3 is 2. The minimum atomic E-state index is -0.340. The van der Waals surface area contributed by atoms with Crippen LogP contribution in [-0.4, -0.2) is 56.5 Å². The van der Waals surface area contributed by atoms with E-state index in [1.807, 2.05) is 69.8 Å². The van der Waals surface area contributed by atoms with Crippen molar-refractivity contribution in [2.75, 3.05) is 27.3 Å². The van der Waals surface area contributed by atoms with Crippen LogP contribution in [0.5, 0.6) is 34.5 Å². The molecule has 0 aliphatic carbocycles. The predicted octanol–water partition coefficient (Wildman–Crippen LogP) is 4.95. The number of ether oxygens (including phenoxy) is 3. The third kappa shape index (κ3) is 8.14. The number of pyridine rings is 2. The number of para-hydroxylation sites is 1. The topological polar surface area (TPSA) is 119 Å². The summed E-state index contributed by atoms with van der Waals surface area (Å²) in [7, 11) is 3.29. The fourth-order valence-electron chi connectivity index (χ4n) is 6.13. The first-order valence-corrected chi connectivity index (χ1v) is 16.1. The fourth-order valence-corrected chi connectivity index (χ4v) is 6.13. The lowest BCUT2D eigenvalue weighted by atomic mass is 10.1. The summed E-state index contributed by atoms with van der Waals surface area (Å²) in [6.45, 7) is 5.98. The van der Waals surface area contributed by atoms with Crippen LogP contribution in [0, 0.1) is 0 Å². The standard InChI is InChI=1S/C21H20N2O3.C17H20N2O4/c24-20-12-17-14-22(10-11-23(17)15-21(20)25)13-16-6-8-19(9-7-16)26-18-4-2-1-3-5-18;1-22-16-4-3-5-17(23-2)13(16)10-18-6-7-19-11-15(21)14(20)8-12(19)9-18/h1-9,12,15,25H,10-11,13-14H2;3-5,8,11,21H,6-7,9-10H2,1-2H3. The van der Waals surface area contributed by atoms with Crippen LogP contribution in [0.4, 0.5) is 0 Å². The van der Waals surface area contributed by atoms with Crippen LogP contribution in [-0.2, 0) is 39.3 Å². The SMILES string of the molecule is COc1cccc(OC)c1CN1CCn2cc(O)c(=O)cc2C1.O=c1cc2n(cc1O)CCN(Cc1ccc(Oc3ccccc3)cc1)C2. The van der Waals surface area contributed by atoms with Gasteiger partial charge in [-0.15, -0.1) is 0 Å². The third-order valence-electron chi connectivity index (χ3n) is 8.70. The molecule has 2 aliphatic heterocycles. The van der Waals surface area contributed by atoms with Crippen LogP contribution in [0.3, 0.4) is 0 Å². The molecule has 0 amide bonds. The van der Waals surface area contributed by atoms with E-state index >= 15 is 0 Å². The fraction of sp³-hybridized carbons (Fsp3) is 0.263. The summed E-state index contributed by atoms with van der Waals surface area (Å²) in [6, 6.07) is 26.6. The van der Waals surface area contributed by atoms with Gasteiger partial charge in [-0.05, 0) is 42.0 Å². The van der Waals surface area contributed by atoms with Crippen LogP contribution in [0.1, 0.15) is 22.5 Å². The quantitative estimate of drug-likeness (QED) is 0.238. The molecule has 0 saturated carbocycles. The van der Waals surface area contributed by atoms with E-state index in [-0.39, 0.29) is 22.4 Å². The molecule has 254 valence electrons. The Morgan fingerprint density at radius 2 is 1.12 bits per heavy atom. The van der Waals surface area contributed by atoms with Gasteiger partial charge in [0.15, 0.2) is 11.5 Å². The second-order valence-corrected chi connectivity index (χ2v) is 12.0. The minimum Gasteiger partial charge on any atom is -0.503 e. The number of rotatable bonds is 8. The Balaban J connectivity index is 0.000000171. The van der Waals surface area contributed by atoms with Gasteiger partial charge in [-0.2, -0.15) is 0 Å². The Hall–Kier alpha value is -5.52. The first kappa shape index (κ1) is 33.4. The second-order valence-electron chi connectivity index (χ2n) is 12.0. The highest BCUT2D eigenvalue weighted by atomic mass is 16.5. The molecule has 2 aromatic heterocycles. The molecule has 0 unspecified atom stereocenters. The molecule has 3 aromatic carbocycles. The van der Waals surface area contributed by atoms with Gasteiger partial charge in [0.05, 0.1) is 32.2 Å². The van der Waals surface area contributed by atoms with Crippen LogP contribution in [0.25, 0.3) is 0 Å². The Labute approximate surface area is 284 Å². The Bertz CT molecular complexity index is 1990. The van der Waals surface area contributed by atoms with Crippen molar-refractivity contribution in [3.8, 4) is 34.5 Å². The molecule has 11 nitrogen and oxygen atoms in total. The number of aromatic nitrogens is 2. The van der Waals surface area contributed by atoms with E-state index < -0.39 is 0 Å². The zero-order valence-electron chi connectivity index (χ0n) is 27.6. The lowest BCUT2D eigenvalue weighted by molar-refractivity contribution is 0.204. The van der Waals surface area contributed by atoms with Crippen molar-refractivity contribution in [1.82, 2.24) is 18.9 Å². The van der Waals surface area contributed by atoms with E-state index in [9.17, 15) is 19.8 Å². The van der Waals surface area contributed by atoms with Gasteiger partial charge in [-0.3, -0.25) is 19.4 Å². The van der Waals surface area contributed by atoms with Crippen molar-refractivity contribution in [3.63, 3.8) is 0 Å². The van der Waals surface area contributed by atoms with Crippen molar-refractivity contribution in [1.29, 1.82) is 0 Å². The van der Waals surface area contributed by atoms with E-state index in [2.05, 4.69) is 21.9 Å². The Morgan fingerprint density at radius 3 is 1.65 bits per heavy atom. The first-order chi connectivity index (χ1) is 23.8. The molecule has 0 fully saturated rings. The largest absolute Gasteiger partial charge is 0.503 e. The van der Waals surface area contributed by atoms with Crippen LogP contribution in [0.2, 0.25) is 0 Å². The van der Waals surface area contributed by atoms with E-state index in [0.717, 1.165) is 72.7 Å². The average molecular weight is 665 g/mol. The molecule has 0 atom stereocenters. The zero-order chi connectivity index (χ0) is 34.3. The predicted molar refractivity (Wildman–Crippen MR) is 185 cm³/mol. The summed E-state index contributed by atoms with van der Waals surface area (Å²) in [6.07, 6.45) is 3.05. The van der Waals surface area contributed by atoms with Gasteiger partial charge in [0.1, 0.15) is 23.0 Å². The van der Waals surface area contributed by atoms with Crippen LogP contribution < -0.4 is 25.1 Å². The van der Waals surface area contributed by atoms with E-state index in [1.54, 1.807) is 14.2 Å². The molecule has 49 heavy (non-hydrogen) atoms. The van der Waals surface area contributed by atoms with Gasteiger partial charge >= 0.3 is 0 Å². The monoisotopic (exact) mass is 664 g/mol. The molecule has 4 heterocycles. The second kappa shape index (κ2) is 15.1. The van der Waals surface area contributed by atoms with Gasteiger partial charge in [-0.1, -0.05) is 36.4 Å². The smallest absolute Gasteiger partial charge is 0.223 e. The lowest BCUT2D eigenvalue weighted by Crippen LogP contribution is -2.34. The molecule has 0 radical (unpaired) electrons. The maximum atomic E-state index is 11.6. The maximum Gasteiger partial charge on any atom is 0.223 e. The highest BCUT2D eigenvalue weighted by molar-refractivity contribution is 5.45. The first-order valence-electron chi connectivity index (χ1n) is 16.1. The molecule has 11 heteroatoms. The van der Waals surface area contributed by atoms with Gasteiger partial charge in [0.25, 0.3) is 0 Å². The van der Waals surface area contributed by atoms with Crippen LogP contribution in [0.15, 0.2) is 107 Å². The van der Waals surface area contributed by atoms with Crippen molar-refractivity contribution in [3.05, 3.63) is 140 Å². The van der Waals surface area contributed by atoms with Crippen molar-refractivity contribution >= 4 is 0 Å². The molecule has 2 N–H and O–H groups in total. The molecule has 2 aliphatic rings. The van der Waals surface area contributed by atoms with E-state index in [0.29, 0.717) is 19.6 Å². The lowest BCUT2D eigenvalue weighted by Gasteiger charge is -2.30. The summed E-state index contributed by atoms with van der Waals surface area (Å²) < 4.78 is 20.6. The Kier molecular flexibility index (Phi) is 10.3. The van der Waals surface area contributed by atoms with Gasteiger partial charge < -0.3 is 33.6 Å². The molecule has 0 bridgehead atoms. The molecule has 5 aromatic rings. The van der Waals surface area contributed by atoms with Crippen molar-refractivity contribution < 1.29 is 24.4 Å². The number of nitrogens with zero attached hydrogens (tertiary/aromatic N) is 4. The summed E-state index contributed by atoms with van der Waals surface area (Å²) >= 11 is 0. The number of aromatic hydroxyl groups is 2. The van der Waals surface area contributed by atoms with Gasteiger partial charge in [-0.25, -0.2) is 0 Å². The summed E-state index contributed by atoms with van der Waals surface area (Å²) in [5.74, 6) is 2.83. The summed E-state index contributed by atoms with van der Waals surface area (Å²) in [5.41, 5.74) is 3.36. The van der Waals surface area contributed by atoms with Gasteiger partial charge in [0.2, 0.25) is 10.9 Å². The zero-order valence-corrected chi connectivity index (χ0v) is 27.6. The van der Waals surface area contributed by atoms with Gasteiger partial charge in [0, 0.05) is 75.9 Å². The number of hydrogen-bond acceptors (Lipinski definition) is 9. The maximum absolute atomic E-state index is 11.6. The average Bonchev–Trinajstić information content (AvgIpc) is 3.11. The highest BCUT2D eigenvalue weighted by Gasteiger charge is 2.21. The molecular weight excluding hydrogens is 624 g/mol. The third-order valence-corrected chi connectivity index (χ3v) is 8.70. The Morgan fingerprint density at radius 1 is 0.612 bits per heavy atom. The van der Waals surface area contributed by atoms with Crippen LogP contribution >= 0.6 is 0 Å². The number of hydrogen-bond donors (Lipinski definition) is 2. The summed E-state index contributed by atoms with van der Waals surface area (Å²) in [4.78, 5) is 27.8. The summed E-state index contributed by atoms with van der Waals surface area (Å²) in [5, 5.41) is 19.1. The molecular formula is C38H40N4O7.